The average Bonchev–Trinajstić information content (AvgIpc) is 2.61. The molecular weight excluding hydrogens is 338 g/mol. The summed E-state index contributed by atoms with van der Waals surface area (Å²) in [6.45, 7) is 0.558. The minimum Gasteiger partial charge on any atom is -0.493 e. The van der Waals surface area contributed by atoms with Gasteiger partial charge in [-0.2, -0.15) is 0 Å². The van der Waals surface area contributed by atoms with Gasteiger partial charge in [0, 0.05) is 17.5 Å². The predicted molar refractivity (Wildman–Crippen MR) is 96.5 cm³/mol. The third-order valence-corrected chi connectivity index (χ3v) is 4.47. The maximum Gasteiger partial charge on any atom is 0.259 e. The number of hydrogen-bond acceptors (Lipinski definition) is 4. The van der Waals surface area contributed by atoms with Crippen LogP contribution in [0, 0.1) is 4.77 Å². The number of nitrogens with one attached hydrogen (secondary N) is 3. The minimum absolute atomic E-state index is 0.106. The molecule has 0 unspecified atom stereocenters. The van der Waals surface area contributed by atoms with Crippen LogP contribution in [0.5, 0.6) is 5.75 Å². The Morgan fingerprint density at radius 2 is 2.04 bits per heavy atom. The molecule has 2 heterocycles. The van der Waals surface area contributed by atoms with E-state index in [1.54, 1.807) is 18.2 Å². The summed E-state index contributed by atoms with van der Waals surface area (Å²) in [7, 11) is 0. The van der Waals surface area contributed by atoms with E-state index in [2.05, 4.69) is 15.3 Å². The Balaban J connectivity index is 1.65. The molecule has 7 heteroatoms. The molecular formula is C18H15N3O3S. The number of carbonyl (C=O) groups is 1. The number of aromatic amines is 2. The molecule has 3 aromatic rings. The van der Waals surface area contributed by atoms with Crippen molar-refractivity contribution >= 4 is 29.0 Å². The lowest BCUT2D eigenvalue weighted by atomic mass is 10.00. The van der Waals surface area contributed by atoms with E-state index < -0.39 is 0 Å². The number of H-pyrrole nitrogens is 2. The molecule has 0 fully saturated rings. The normalized spacial score (nSPS) is 16.1. The van der Waals surface area contributed by atoms with Crippen LogP contribution in [0.25, 0.3) is 10.9 Å². The average molecular weight is 353 g/mol. The first-order chi connectivity index (χ1) is 12.1. The number of benzene rings is 2. The van der Waals surface area contributed by atoms with Crippen molar-refractivity contribution in [2.24, 2.45) is 0 Å². The summed E-state index contributed by atoms with van der Waals surface area (Å²) in [6.07, 6.45) is 0.707. The Morgan fingerprint density at radius 3 is 2.92 bits per heavy atom. The zero-order valence-corrected chi connectivity index (χ0v) is 14.0. The van der Waals surface area contributed by atoms with E-state index in [1.165, 1.54) is 0 Å². The third-order valence-electron chi connectivity index (χ3n) is 4.27. The van der Waals surface area contributed by atoms with Crippen LogP contribution in [-0.2, 0) is 0 Å². The number of fused-ring (bicyclic) bond motifs is 2. The second-order valence-electron chi connectivity index (χ2n) is 5.87. The summed E-state index contributed by atoms with van der Waals surface area (Å²) in [5, 5.41) is 3.50. The van der Waals surface area contributed by atoms with Crippen LogP contribution in [-0.4, -0.2) is 22.5 Å². The van der Waals surface area contributed by atoms with E-state index in [4.69, 9.17) is 17.0 Å². The molecule has 3 N–H and O–H groups in total. The summed E-state index contributed by atoms with van der Waals surface area (Å²) < 4.78 is 5.85. The van der Waals surface area contributed by atoms with Gasteiger partial charge in [0.05, 0.1) is 23.6 Å². The van der Waals surface area contributed by atoms with Crippen molar-refractivity contribution in [3.8, 4) is 5.75 Å². The fourth-order valence-corrected chi connectivity index (χ4v) is 3.25. The Labute approximate surface area is 147 Å². The summed E-state index contributed by atoms with van der Waals surface area (Å²) in [4.78, 5) is 30.0. The molecule has 1 atom stereocenters. The van der Waals surface area contributed by atoms with Gasteiger partial charge in [0.1, 0.15) is 5.75 Å². The van der Waals surface area contributed by atoms with Crippen LogP contribution in [0.3, 0.4) is 0 Å². The molecule has 0 saturated heterocycles. The van der Waals surface area contributed by atoms with E-state index in [9.17, 15) is 9.59 Å². The fraction of sp³-hybridized carbons (Fsp3) is 0.167. The standard InChI is InChI=1S/C18H15N3O3S/c22-16(19-13-7-8-24-15-4-2-1-3-11(13)15)10-5-6-12-14(9-10)20-18(25)21-17(12)23/h1-6,9,13H,7-8H2,(H,19,22)(H2,20,21,23,25)/t13-/m1/s1. The number of aromatic nitrogens is 2. The van der Waals surface area contributed by atoms with Crippen LogP contribution in [0.2, 0.25) is 0 Å². The lowest BCUT2D eigenvalue weighted by molar-refractivity contribution is 0.0925. The van der Waals surface area contributed by atoms with Gasteiger partial charge in [-0.15, -0.1) is 0 Å². The highest BCUT2D eigenvalue weighted by Gasteiger charge is 2.23. The lowest BCUT2D eigenvalue weighted by Crippen LogP contribution is -2.32. The van der Waals surface area contributed by atoms with Gasteiger partial charge in [0.15, 0.2) is 4.77 Å². The monoisotopic (exact) mass is 353 g/mol. The Morgan fingerprint density at radius 1 is 1.20 bits per heavy atom. The number of amides is 1. The molecule has 126 valence electrons. The van der Waals surface area contributed by atoms with Crippen molar-refractivity contribution in [3.05, 3.63) is 68.7 Å². The van der Waals surface area contributed by atoms with E-state index in [-0.39, 0.29) is 22.3 Å². The van der Waals surface area contributed by atoms with E-state index in [1.807, 2.05) is 24.3 Å². The summed E-state index contributed by atoms with van der Waals surface area (Å²) in [5.41, 5.74) is 1.70. The van der Waals surface area contributed by atoms with Gasteiger partial charge in [-0.05, 0) is 36.5 Å². The lowest BCUT2D eigenvalue weighted by Gasteiger charge is -2.26. The van der Waals surface area contributed by atoms with Crippen molar-refractivity contribution < 1.29 is 9.53 Å². The SMILES string of the molecule is O=C(N[C@@H]1CCOc2ccccc21)c1ccc2c(=O)[nH]c(=S)[nH]c2c1. The topological polar surface area (TPSA) is 87.0 Å². The summed E-state index contributed by atoms with van der Waals surface area (Å²) >= 11 is 4.98. The first-order valence-corrected chi connectivity index (χ1v) is 8.31. The van der Waals surface area contributed by atoms with Gasteiger partial charge >= 0.3 is 0 Å². The number of hydrogen-bond donors (Lipinski definition) is 3. The van der Waals surface area contributed by atoms with Gasteiger partial charge in [0.25, 0.3) is 11.5 Å². The van der Waals surface area contributed by atoms with Crippen molar-refractivity contribution in [2.75, 3.05) is 6.61 Å². The highest BCUT2D eigenvalue weighted by atomic mass is 32.1. The maximum atomic E-state index is 12.7. The molecule has 2 aromatic carbocycles. The Bertz CT molecular complexity index is 1090. The van der Waals surface area contributed by atoms with E-state index in [0.29, 0.717) is 29.5 Å². The number of para-hydroxylation sites is 1. The van der Waals surface area contributed by atoms with Gasteiger partial charge in [-0.1, -0.05) is 18.2 Å². The minimum atomic E-state index is -0.274. The molecule has 4 rings (SSSR count). The number of carbonyl (C=O) groups excluding carboxylic acids is 1. The molecule has 1 aliphatic rings. The molecule has 0 bridgehead atoms. The first kappa shape index (κ1) is 15.6. The van der Waals surface area contributed by atoms with Crippen molar-refractivity contribution in [1.29, 1.82) is 0 Å². The molecule has 0 aliphatic carbocycles. The van der Waals surface area contributed by atoms with Gasteiger partial charge in [0.2, 0.25) is 0 Å². The molecule has 0 saturated carbocycles. The molecule has 6 nitrogen and oxygen atoms in total. The Hall–Kier alpha value is -2.93. The second kappa shape index (κ2) is 6.18. The molecule has 25 heavy (non-hydrogen) atoms. The molecule has 1 amide bonds. The molecule has 0 radical (unpaired) electrons. The predicted octanol–water partition coefficient (Wildman–Crippen LogP) is 2.84. The Kier molecular flexibility index (Phi) is 3.85. The highest BCUT2D eigenvalue weighted by molar-refractivity contribution is 7.71. The smallest absolute Gasteiger partial charge is 0.259 e. The highest BCUT2D eigenvalue weighted by Crippen LogP contribution is 2.31. The zero-order valence-electron chi connectivity index (χ0n) is 13.2. The van der Waals surface area contributed by atoms with Crippen LogP contribution < -0.4 is 15.6 Å². The fourth-order valence-electron chi connectivity index (χ4n) is 3.04. The van der Waals surface area contributed by atoms with E-state index >= 15 is 0 Å². The van der Waals surface area contributed by atoms with Gasteiger partial charge < -0.3 is 15.0 Å². The number of rotatable bonds is 2. The zero-order chi connectivity index (χ0) is 17.4. The summed E-state index contributed by atoms with van der Waals surface area (Å²) in [5.74, 6) is 0.594. The maximum absolute atomic E-state index is 12.7. The first-order valence-electron chi connectivity index (χ1n) is 7.91. The molecule has 1 aromatic heterocycles. The van der Waals surface area contributed by atoms with E-state index in [0.717, 1.165) is 11.3 Å². The summed E-state index contributed by atoms with van der Waals surface area (Å²) in [6, 6.07) is 12.5. The van der Waals surface area contributed by atoms with Crippen LogP contribution in [0.4, 0.5) is 0 Å². The van der Waals surface area contributed by atoms with Crippen molar-refractivity contribution in [1.82, 2.24) is 15.3 Å². The van der Waals surface area contributed by atoms with Crippen LogP contribution in [0.1, 0.15) is 28.4 Å². The molecule has 0 spiro atoms. The van der Waals surface area contributed by atoms with Crippen LogP contribution >= 0.6 is 12.2 Å². The quantitative estimate of drug-likeness (QED) is 0.618. The second-order valence-corrected chi connectivity index (χ2v) is 6.28. The van der Waals surface area contributed by atoms with Gasteiger partial charge in [-0.25, -0.2) is 0 Å². The largest absolute Gasteiger partial charge is 0.493 e. The molecule has 1 aliphatic heterocycles. The third kappa shape index (κ3) is 2.94. The van der Waals surface area contributed by atoms with Crippen LogP contribution in [0.15, 0.2) is 47.3 Å². The van der Waals surface area contributed by atoms with Crippen molar-refractivity contribution in [3.63, 3.8) is 0 Å². The number of ether oxygens (including phenoxy) is 1. The van der Waals surface area contributed by atoms with Gasteiger partial charge in [-0.3, -0.25) is 14.6 Å². The van der Waals surface area contributed by atoms with Crippen molar-refractivity contribution in [2.45, 2.75) is 12.5 Å².